The molecule has 0 bridgehead atoms. The third kappa shape index (κ3) is 5.08. The van der Waals surface area contributed by atoms with Crippen LogP contribution >= 0.6 is 0 Å². The number of benzene rings is 1. The first kappa shape index (κ1) is 20.7. The highest BCUT2D eigenvalue weighted by atomic mass is 16.6. The molecule has 3 rings (SSSR count). The van der Waals surface area contributed by atoms with Crippen LogP contribution in [0.5, 0.6) is 0 Å². The van der Waals surface area contributed by atoms with Crippen molar-refractivity contribution in [3.63, 3.8) is 0 Å². The number of nitrogens with zero attached hydrogens (tertiary/aromatic N) is 5. The molecule has 2 aliphatic rings. The van der Waals surface area contributed by atoms with Crippen LogP contribution < -0.4 is 0 Å². The largest absolute Gasteiger partial charge is 0.340 e. The van der Waals surface area contributed by atoms with Crippen molar-refractivity contribution in [3.8, 4) is 0 Å². The van der Waals surface area contributed by atoms with Gasteiger partial charge in [-0.3, -0.25) is 29.5 Å². The lowest BCUT2D eigenvalue weighted by molar-refractivity contribution is -0.384. The van der Waals surface area contributed by atoms with Gasteiger partial charge in [0.15, 0.2) is 0 Å². The molecule has 1 aromatic rings. The van der Waals surface area contributed by atoms with Gasteiger partial charge in [0, 0.05) is 64.9 Å². The summed E-state index contributed by atoms with van der Waals surface area (Å²) in [7, 11) is 1.58. The van der Waals surface area contributed by atoms with Gasteiger partial charge in [0.2, 0.25) is 11.8 Å². The lowest BCUT2D eigenvalue weighted by Crippen LogP contribution is -2.48. The van der Waals surface area contributed by atoms with E-state index in [-0.39, 0.29) is 36.6 Å². The molecule has 2 aliphatic heterocycles. The van der Waals surface area contributed by atoms with Crippen molar-refractivity contribution in [2.45, 2.75) is 19.4 Å². The van der Waals surface area contributed by atoms with Crippen LogP contribution in [0.3, 0.4) is 0 Å². The molecule has 2 heterocycles. The van der Waals surface area contributed by atoms with Gasteiger partial charge in [-0.2, -0.15) is 0 Å². The molecule has 2 fully saturated rings. The number of imide groups is 1. The van der Waals surface area contributed by atoms with Crippen LogP contribution in [-0.4, -0.2) is 88.7 Å². The van der Waals surface area contributed by atoms with E-state index in [1.165, 1.54) is 15.9 Å². The highest BCUT2D eigenvalue weighted by molar-refractivity contribution is 6.01. The van der Waals surface area contributed by atoms with Gasteiger partial charge >= 0.3 is 6.03 Å². The van der Waals surface area contributed by atoms with Gasteiger partial charge in [-0.05, 0) is 12.0 Å². The smallest absolute Gasteiger partial charge is 0.326 e. The maximum absolute atomic E-state index is 12.4. The van der Waals surface area contributed by atoms with Gasteiger partial charge in [-0.1, -0.05) is 12.1 Å². The molecule has 0 unspecified atom stereocenters. The summed E-state index contributed by atoms with van der Waals surface area (Å²) in [5, 5.41) is 10.9. The second-order valence-electron chi connectivity index (χ2n) is 7.37. The molecule has 10 heteroatoms. The number of rotatable bonds is 7. The van der Waals surface area contributed by atoms with Crippen LogP contribution in [-0.2, 0) is 16.1 Å². The highest BCUT2D eigenvalue weighted by Crippen LogP contribution is 2.16. The first-order chi connectivity index (χ1) is 13.8. The van der Waals surface area contributed by atoms with E-state index in [4.69, 9.17) is 0 Å². The Hall–Kier alpha value is -3.01. The zero-order chi connectivity index (χ0) is 21.0. The Morgan fingerprint density at radius 2 is 1.90 bits per heavy atom. The molecule has 0 N–H and O–H groups in total. The Balaban J connectivity index is 1.40. The molecule has 0 aromatic heterocycles. The van der Waals surface area contributed by atoms with Gasteiger partial charge in [-0.25, -0.2) is 4.79 Å². The molecule has 0 atom stereocenters. The molecular formula is C19H25N5O5. The number of hydrogen-bond donors (Lipinski definition) is 0. The molecule has 0 radical (unpaired) electrons. The van der Waals surface area contributed by atoms with E-state index in [0.717, 1.165) is 5.56 Å². The standard InChI is InChI=1S/C19H25N5O5/c1-20-14-18(26)23(19(20)27)7-3-6-17(25)22-10-8-21(9-11-22)13-15-4-2-5-16(12-15)24(28)29/h2,4-5,12H,3,6-11,13-14H2,1H3. The fraction of sp³-hybridized carbons (Fsp3) is 0.526. The van der Waals surface area contributed by atoms with Crippen molar-refractivity contribution in [3.05, 3.63) is 39.9 Å². The minimum absolute atomic E-state index is 0.0208. The predicted molar refractivity (Wildman–Crippen MR) is 104 cm³/mol. The number of urea groups is 1. The van der Waals surface area contributed by atoms with Crippen LogP contribution in [0.1, 0.15) is 18.4 Å². The van der Waals surface area contributed by atoms with Crippen molar-refractivity contribution in [1.82, 2.24) is 19.6 Å². The number of nitro benzene ring substituents is 1. The molecule has 1 aromatic carbocycles. The molecule has 2 saturated heterocycles. The average molecular weight is 403 g/mol. The maximum Gasteiger partial charge on any atom is 0.326 e. The number of nitro groups is 1. The zero-order valence-electron chi connectivity index (χ0n) is 16.5. The molecule has 156 valence electrons. The Morgan fingerprint density at radius 1 is 1.17 bits per heavy atom. The van der Waals surface area contributed by atoms with E-state index in [1.807, 2.05) is 6.07 Å². The normalized spacial score (nSPS) is 17.9. The summed E-state index contributed by atoms with van der Waals surface area (Å²) in [6.07, 6.45) is 0.754. The van der Waals surface area contributed by atoms with Gasteiger partial charge in [-0.15, -0.1) is 0 Å². The van der Waals surface area contributed by atoms with Crippen molar-refractivity contribution in [2.24, 2.45) is 0 Å². The summed E-state index contributed by atoms with van der Waals surface area (Å²) < 4.78 is 0. The average Bonchev–Trinajstić information content (AvgIpc) is 2.94. The molecule has 10 nitrogen and oxygen atoms in total. The number of carbonyl (C=O) groups excluding carboxylic acids is 3. The molecular weight excluding hydrogens is 378 g/mol. The van der Waals surface area contributed by atoms with E-state index in [9.17, 15) is 24.5 Å². The fourth-order valence-corrected chi connectivity index (χ4v) is 3.62. The summed E-state index contributed by atoms with van der Waals surface area (Å²) in [6, 6.07) is 6.29. The van der Waals surface area contributed by atoms with Gasteiger partial charge in [0.25, 0.3) is 5.69 Å². The van der Waals surface area contributed by atoms with E-state index >= 15 is 0 Å². The molecule has 29 heavy (non-hydrogen) atoms. The van der Waals surface area contributed by atoms with Gasteiger partial charge in [0.05, 0.1) is 4.92 Å². The summed E-state index contributed by atoms with van der Waals surface area (Å²) in [6.45, 7) is 3.55. The first-order valence-electron chi connectivity index (χ1n) is 9.64. The molecule has 4 amide bonds. The second-order valence-corrected chi connectivity index (χ2v) is 7.37. The number of piperazine rings is 1. The topological polar surface area (TPSA) is 107 Å². The van der Waals surface area contributed by atoms with Crippen LogP contribution in [0, 0.1) is 10.1 Å². The Morgan fingerprint density at radius 3 is 2.52 bits per heavy atom. The third-order valence-electron chi connectivity index (χ3n) is 5.26. The summed E-state index contributed by atoms with van der Waals surface area (Å²) in [5.41, 5.74) is 0.960. The number of likely N-dealkylation sites (N-methyl/N-ethyl adjacent to an activating group) is 1. The van der Waals surface area contributed by atoms with Crippen LogP contribution in [0.25, 0.3) is 0 Å². The van der Waals surface area contributed by atoms with Gasteiger partial charge < -0.3 is 9.80 Å². The van der Waals surface area contributed by atoms with Crippen LogP contribution in [0.4, 0.5) is 10.5 Å². The van der Waals surface area contributed by atoms with Crippen LogP contribution in [0.2, 0.25) is 0 Å². The van der Waals surface area contributed by atoms with Crippen LogP contribution in [0.15, 0.2) is 24.3 Å². The van der Waals surface area contributed by atoms with E-state index in [2.05, 4.69) is 4.90 Å². The summed E-state index contributed by atoms with van der Waals surface area (Å²) in [5.74, 6) is -0.202. The van der Waals surface area contributed by atoms with Crippen molar-refractivity contribution in [1.29, 1.82) is 0 Å². The van der Waals surface area contributed by atoms with Crippen molar-refractivity contribution >= 4 is 23.5 Å². The molecule has 0 spiro atoms. The first-order valence-corrected chi connectivity index (χ1v) is 9.64. The lowest BCUT2D eigenvalue weighted by Gasteiger charge is -2.34. The highest BCUT2D eigenvalue weighted by Gasteiger charge is 2.33. The maximum atomic E-state index is 12.4. The SMILES string of the molecule is CN1CC(=O)N(CCCC(=O)N2CCN(Cc3cccc([N+](=O)[O-])c3)CC2)C1=O. The molecule has 0 saturated carbocycles. The minimum Gasteiger partial charge on any atom is -0.340 e. The van der Waals surface area contributed by atoms with E-state index in [1.54, 1.807) is 24.1 Å². The third-order valence-corrected chi connectivity index (χ3v) is 5.26. The predicted octanol–water partition coefficient (Wildman–Crippen LogP) is 0.913. The molecule has 0 aliphatic carbocycles. The Labute approximate surface area is 168 Å². The number of non-ortho nitro benzene ring substituents is 1. The Kier molecular flexibility index (Phi) is 6.42. The van der Waals surface area contributed by atoms with Crippen molar-refractivity contribution < 1.29 is 19.3 Å². The minimum atomic E-state index is -0.401. The summed E-state index contributed by atoms with van der Waals surface area (Å²) in [4.78, 5) is 53.0. The number of carbonyl (C=O) groups is 3. The van der Waals surface area contributed by atoms with E-state index in [0.29, 0.717) is 45.6 Å². The Bertz CT molecular complexity index is 806. The fourth-order valence-electron chi connectivity index (χ4n) is 3.62. The lowest BCUT2D eigenvalue weighted by atomic mass is 10.1. The number of amides is 4. The van der Waals surface area contributed by atoms with E-state index < -0.39 is 4.92 Å². The zero-order valence-corrected chi connectivity index (χ0v) is 16.5. The van der Waals surface area contributed by atoms with Crippen molar-refractivity contribution in [2.75, 3.05) is 46.3 Å². The second kappa shape index (κ2) is 8.99. The van der Waals surface area contributed by atoms with Gasteiger partial charge in [0.1, 0.15) is 6.54 Å². The quantitative estimate of drug-likeness (QED) is 0.381. The number of hydrogen-bond acceptors (Lipinski definition) is 6. The summed E-state index contributed by atoms with van der Waals surface area (Å²) >= 11 is 0. The monoisotopic (exact) mass is 403 g/mol.